The number of aryl methyl sites for hydroxylation is 1. The van der Waals surface area contributed by atoms with Gasteiger partial charge in [0.2, 0.25) is 0 Å². The third kappa shape index (κ3) is 2.19. The number of hydrogen-bond acceptors (Lipinski definition) is 2. The summed E-state index contributed by atoms with van der Waals surface area (Å²) < 4.78 is 13.8. The fraction of sp³-hybridized carbons (Fsp3) is 0.300. The zero-order valence-corrected chi connectivity index (χ0v) is 9.40. The average Bonchev–Trinajstić information content (AvgIpc) is 2.13. The van der Waals surface area contributed by atoms with Gasteiger partial charge in [-0.1, -0.05) is 6.07 Å². The first-order valence-corrected chi connectivity index (χ1v) is 5.05. The number of rotatable bonds is 3. The molecule has 0 aliphatic carbocycles. The minimum absolute atomic E-state index is 0.143. The molecule has 4 heteroatoms. The molecule has 0 bridgehead atoms. The first-order chi connectivity index (χ1) is 6.57. The third-order valence-electron chi connectivity index (χ3n) is 1.95. The number of halogens is 2. The lowest BCUT2D eigenvalue weighted by Gasteiger charge is -2.06. The molecule has 0 atom stereocenters. The van der Waals surface area contributed by atoms with Crippen molar-refractivity contribution in [3.05, 3.63) is 33.5 Å². The largest absolute Gasteiger partial charge is 0.330 e. The van der Waals surface area contributed by atoms with Crippen molar-refractivity contribution in [2.75, 3.05) is 6.54 Å². The van der Waals surface area contributed by atoms with Crippen LogP contribution < -0.4 is 5.73 Å². The van der Waals surface area contributed by atoms with Crippen molar-refractivity contribution in [3.63, 3.8) is 0 Å². The molecule has 0 heterocycles. The highest BCUT2D eigenvalue weighted by molar-refractivity contribution is 9.10. The van der Waals surface area contributed by atoms with Gasteiger partial charge in [-0.3, -0.25) is 4.79 Å². The molecule has 0 aliphatic rings. The van der Waals surface area contributed by atoms with Crippen LogP contribution in [0.4, 0.5) is 4.39 Å². The molecule has 14 heavy (non-hydrogen) atoms. The summed E-state index contributed by atoms with van der Waals surface area (Å²) in [5.41, 5.74) is 6.04. The van der Waals surface area contributed by atoms with Crippen LogP contribution in [0.2, 0.25) is 0 Å². The lowest BCUT2D eigenvalue weighted by molar-refractivity contribution is 0.0981. The molecule has 0 spiro atoms. The third-order valence-corrected chi connectivity index (χ3v) is 2.57. The molecule has 2 nitrogen and oxygen atoms in total. The van der Waals surface area contributed by atoms with Crippen LogP contribution in [-0.4, -0.2) is 12.3 Å². The summed E-state index contributed by atoms with van der Waals surface area (Å²) in [6.45, 7) is 1.95. The van der Waals surface area contributed by atoms with E-state index in [1.807, 2.05) is 0 Å². The van der Waals surface area contributed by atoms with E-state index < -0.39 is 5.82 Å². The average molecular weight is 260 g/mol. The molecule has 0 unspecified atom stereocenters. The number of benzene rings is 1. The first kappa shape index (κ1) is 11.3. The van der Waals surface area contributed by atoms with Crippen molar-refractivity contribution >= 4 is 21.7 Å². The predicted octanol–water partition coefficient (Wildman–Crippen LogP) is 2.43. The van der Waals surface area contributed by atoms with Crippen molar-refractivity contribution in [2.24, 2.45) is 5.73 Å². The van der Waals surface area contributed by atoms with E-state index in [9.17, 15) is 9.18 Å². The number of carbonyl (C=O) groups is 1. The van der Waals surface area contributed by atoms with Crippen LogP contribution in [0.25, 0.3) is 0 Å². The summed E-state index contributed by atoms with van der Waals surface area (Å²) in [5, 5.41) is 0. The molecule has 1 aromatic rings. The number of ketones is 1. The van der Waals surface area contributed by atoms with E-state index >= 15 is 0 Å². The normalized spacial score (nSPS) is 10.3. The molecule has 0 aliphatic heterocycles. The molecule has 1 aromatic carbocycles. The Morgan fingerprint density at radius 1 is 1.57 bits per heavy atom. The summed E-state index contributed by atoms with van der Waals surface area (Å²) in [4.78, 5) is 11.5. The van der Waals surface area contributed by atoms with Gasteiger partial charge in [0.15, 0.2) is 5.78 Å². The summed E-state index contributed by atoms with van der Waals surface area (Å²) in [6.07, 6.45) is 0.175. The van der Waals surface area contributed by atoms with E-state index in [-0.39, 0.29) is 24.3 Å². The van der Waals surface area contributed by atoms with E-state index in [0.29, 0.717) is 10.0 Å². The maximum Gasteiger partial charge on any atom is 0.167 e. The molecule has 1 rings (SSSR count). The Kier molecular flexibility index (Phi) is 3.77. The summed E-state index contributed by atoms with van der Waals surface area (Å²) in [7, 11) is 0. The van der Waals surface area contributed by atoms with Crippen LogP contribution in [0.15, 0.2) is 16.6 Å². The van der Waals surface area contributed by atoms with Crippen LogP contribution >= 0.6 is 15.9 Å². The lowest BCUT2D eigenvalue weighted by atomic mass is 10.0. The van der Waals surface area contributed by atoms with E-state index in [0.717, 1.165) is 0 Å². The Balaban J connectivity index is 3.18. The van der Waals surface area contributed by atoms with Gasteiger partial charge in [-0.2, -0.15) is 0 Å². The van der Waals surface area contributed by atoms with Crippen molar-refractivity contribution in [1.82, 2.24) is 0 Å². The molecule has 0 radical (unpaired) electrons. The van der Waals surface area contributed by atoms with Gasteiger partial charge >= 0.3 is 0 Å². The van der Waals surface area contributed by atoms with E-state index in [1.165, 1.54) is 0 Å². The molecular formula is C10H11BrFNO. The predicted molar refractivity (Wildman–Crippen MR) is 56.8 cm³/mol. The second-order valence-electron chi connectivity index (χ2n) is 3.02. The maximum atomic E-state index is 13.5. The highest BCUT2D eigenvalue weighted by atomic mass is 79.9. The fourth-order valence-electron chi connectivity index (χ4n) is 1.25. The Bertz CT molecular complexity index is 365. The summed E-state index contributed by atoms with van der Waals surface area (Å²) in [6, 6.07) is 3.29. The van der Waals surface area contributed by atoms with Gasteiger partial charge in [0.1, 0.15) is 5.82 Å². The number of Topliss-reactive ketones (excluding diaryl/α,β-unsaturated/α-hetero) is 1. The highest BCUT2D eigenvalue weighted by Gasteiger charge is 2.15. The quantitative estimate of drug-likeness (QED) is 0.848. The summed E-state index contributed by atoms with van der Waals surface area (Å²) >= 11 is 3.04. The van der Waals surface area contributed by atoms with E-state index in [1.54, 1.807) is 19.1 Å². The molecular weight excluding hydrogens is 249 g/mol. The molecule has 2 N–H and O–H groups in total. The molecule has 0 saturated carbocycles. The molecule has 0 saturated heterocycles. The zero-order chi connectivity index (χ0) is 10.7. The number of hydrogen-bond donors (Lipinski definition) is 1. The van der Waals surface area contributed by atoms with Gasteiger partial charge < -0.3 is 5.73 Å². The topological polar surface area (TPSA) is 43.1 Å². The van der Waals surface area contributed by atoms with E-state index in [4.69, 9.17) is 5.73 Å². The fourth-order valence-corrected chi connectivity index (χ4v) is 1.58. The van der Waals surface area contributed by atoms with Crippen molar-refractivity contribution in [1.29, 1.82) is 0 Å². The van der Waals surface area contributed by atoms with Gasteiger partial charge in [0, 0.05) is 6.42 Å². The molecule has 0 aromatic heterocycles. The van der Waals surface area contributed by atoms with Crippen LogP contribution in [-0.2, 0) is 0 Å². The van der Waals surface area contributed by atoms with Crippen LogP contribution in [0.1, 0.15) is 22.3 Å². The van der Waals surface area contributed by atoms with Crippen molar-refractivity contribution in [3.8, 4) is 0 Å². The van der Waals surface area contributed by atoms with Gasteiger partial charge in [-0.15, -0.1) is 0 Å². The smallest absolute Gasteiger partial charge is 0.167 e. The second kappa shape index (κ2) is 4.66. The Labute approximate surface area is 90.4 Å². The lowest BCUT2D eigenvalue weighted by Crippen LogP contribution is -2.11. The SMILES string of the molecule is Cc1ccc(Br)c(F)c1C(=O)CCN. The maximum absolute atomic E-state index is 13.5. The van der Waals surface area contributed by atoms with Crippen LogP contribution in [0.5, 0.6) is 0 Å². The highest BCUT2D eigenvalue weighted by Crippen LogP contribution is 2.22. The molecule has 76 valence electrons. The molecule has 0 fully saturated rings. The Morgan fingerprint density at radius 3 is 2.79 bits per heavy atom. The number of nitrogens with two attached hydrogens (primary N) is 1. The standard InChI is InChI=1S/C10H11BrFNO/c1-6-2-3-7(11)10(12)9(6)8(14)4-5-13/h2-3H,4-5,13H2,1H3. The monoisotopic (exact) mass is 259 g/mol. The first-order valence-electron chi connectivity index (χ1n) is 4.25. The summed E-state index contributed by atoms with van der Waals surface area (Å²) in [5.74, 6) is -0.743. The van der Waals surface area contributed by atoms with Crippen molar-refractivity contribution in [2.45, 2.75) is 13.3 Å². The van der Waals surface area contributed by atoms with Gasteiger partial charge in [-0.25, -0.2) is 4.39 Å². The zero-order valence-electron chi connectivity index (χ0n) is 7.81. The number of carbonyl (C=O) groups excluding carboxylic acids is 1. The van der Waals surface area contributed by atoms with Gasteiger partial charge in [0.25, 0.3) is 0 Å². The minimum Gasteiger partial charge on any atom is -0.330 e. The minimum atomic E-state index is -0.497. The van der Waals surface area contributed by atoms with Crippen LogP contribution in [0, 0.1) is 12.7 Å². The van der Waals surface area contributed by atoms with Crippen molar-refractivity contribution < 1.29 is 9.18 Å². The van der Waals surface area contributed by atoms with Crippen LogP contribution in [0.3, 0.4) is 0 Å². The van der Waals surface area contributed by atoms with Gasteiger partial charge in [0.05, 0.1) is 10.0 Å². The molecule has 0 amide bonds. The van der Waals surface area contributed by atoms with Gasteiger partial charge in [-0.05, 0) is 41.0 Å². The Morgan fingerprint density at radius 2 is 2.21 bits per heavy atom. The Hall–Kier alpha value is -0.740. The second-order valence-corrected chi connectivity index (χ2v) is 3.87. The van der Waals surface area contributed by atoms with E-state index in [2.05, 4.69) is 15.9 Å².